The number of aromatic nitrogens is 2. The van der Waals surface area contributed by atoms with Crippen molar-refractivity contribution in [3.8, 4) is 11.8 Å². The number of nitrogens with zero attached hydrogens (tertiary/aromatic N) is 2. The van der Waals surface area contributed by atoms with Crippen LogP contribution >= 0.6 is 15.9 Å². The summed E-state index contributed by atoms with van der Waals surface area (Å²) >= 11 is 3.17. The van der Waals surface area contributed by atoms with E-state index >= 15 is 0 Å². The summed E-state index contributed by atoms with van der Waals surface area (Å²) in [6.07, 6.45) is 1.14. The molecule has 2 aromatic rings. The third kappa shape index (κ3) is 3.65. The molecule has 0 unspecified atom stereocenters. The fourth-order valence-corrected chi connectivity index (χ4v) is 2.34. The zero-order valence-corrected chi connectivity index (χ0v) is 12.3. The molecule has 0 radical (unpaired) electrons. The smallest absolute Gasteiger partial charge is 0.325 e. The second kappa shape index (κ2) is 5.14. The van der Waals surface area contributed by atoms with Gasteiger partial charge in [-0.15, -0.1) is 0 Å². The van der Waals surface area contributed by atoms with E-state index in [1.54, 1.807) is 6.07 Å². The first-order chi connectivity index (χ1) is 8.84. The average molecular weight is 344 g/mol. The number of nitrogens with two attached hydrogens (primary N) is 1. The average Bonchev–Trinajstić information content (AvgIpc) is 2.26. The highest BCUT2D eigenvalue weighted by atomic mass is 79.9. The maximum absolute atomic E-state index is 11.3. The largest absolute Gasteiger partial charge is 0.424 e. The van der Waals surface area contributed by atoms with Gasteiger partial charge in [0, 0.05) is 12.3 Å². The number of ether oxygens (including phenoxy) is 1. The van der Waals surface area contributed by atoms with E-state index in [9.17, 15) is 8.42 Å². The van der Waals surface area contributed by atoms with E-state index in [0.717, 1.165) is 6.26 Å². The Balaban J connectivity index is 2.24. The molecule has 0 fully saturated rings. The third-order valence-corrected chi connectivity index (χ3v) is 3.69. The molecule has 0 bridgehead atoms. The van der Waals surface area contributed by atoms with Crippen LogP contribution in [-0.4, -0.2) is 24.6 Å². The first kappa shape index (κ1) is 13.8. The van der Waals surface area contributed by atoms with Crippen LogP contribution in [0, 0.1) is 0 Å². The lowest BCUT2D eigenvalue weighted by atomic mass is 10.3. The van der Waals surface area contributed by atoms with Crippen LogP contribution in [0.5, 0.6) is 11.8 Å². The Morgan fingerprint density at radius 2 is 1.84 bits per heavy atom. The number of benzene rings is 1. The summed E-state index contributed by atoms with van der Waals surface area (Å²) in [6.45, 7) is 0. The molecule has 1 heterocycles. The molecule has 0 amide bonds. The van der Waals surface area contributed by atoms with Gasteiger partial charge in [0.2, 0.25) is 0 Å². The zero-order chi connectivity index (χ0) is 14.0. The molecule has 0 aliphatic heterocycles. The fourth-order valence-electron chi connectivity index (χ4n) is 1.32. The molecule has 8 heteroatoms. The lowest BCUT2D eigenvalue weighted by Gasteiger charge is -2.05. The number of halogens is 1. The van der Waals surface area contributed by atoms with E-state index in [-0.39, 0.29) is 16.7 Å². The van der Waals surface area contributed by atoms with Crippen LogP contribution in [0.1, 0.15) is 0 Å². The van der Waals surface area contributed by atoms with Crippen LogP contribution in [0.25, 0.3) is 0 Å². The number of hydrogen-bond acceptors (Lipinski definition) is 6. The molecule has 1 aromatic carbocycles. The molecule has 0 aliphatic carbocycles. The van der Waals surface area contributed by atoms with Crippen molar-refractivity contribution < 1.29 is 13.2 Å². The molecule has 0 saturated heterocycles. The second-order valence-corrected chi connectivity index (χ2v) is 6.57. The predicted molar refractivity (Wildman–Crippen MR) is 73.8 cm³/mol. The van der Waals surface area contributed by atoms with Gasteiger partial charge in [-0.1, -0.05) is 0 Å². The van der Waals surface area contributed by atoms with Gasteiger partial charge in [0.05, 0.1) is 4.90 Å². The van der Waals surface area contributed by atoms with Crippen molar-refractivity contribution in [3.05, 3.63) is 34.9 Å². The summed E-state index contributed by atoms with van der Waals surface area (Å²) < 4.78 is 28.5. The molecule has 0 saturated carbocycles. The molecule has 0 aliphatic rings. The Hall–Kier alpha value is -1.67. The van der Waals surface area contributed by atoms with Crippen molar-refractivity contribution in [3.63, 3.8) is 0 Å². The van der Waals surface area contributed by atoms with Gasteiger partial charge in [-0.05, 0) is 40.2 Å². The van der Waals surface area contributed by atoms with Gasteiger partial charge in [-0.25, -0.2) is 8.42 Å². The minimum atomic E-state index is -3.22. The van der Waals surface area contributed by atoms with Gasteiger partial charge < -0.3 is 10.5 Å². The van der Waals surface area contributed by atoms with Crippen molar-refractivity contribution in [1.29, 1.82) is 0 Å². The van der Waals surface area contributed by atoms with E-state index in [1.165, 1.54) is 24.3 Å². The number of nitrogen functional groups attached to an aromatic ring is 1. The number of hydrogen-bond donors (Lipinski definition) is 1. The Bertz CT molecular complexity index is 681. The molecular weight excluding hydrogens is 334 g/mol. The quantitative estimate of drug-likeness (QED) is 0.856. The predicted octanol–water partition coefficient (Wildman–Crippen LogP) is 2.02. The van der Waals surface area contributed by atoms with Gasteiger partial charge >= 0.3 is 6.01 Å². The Kier molecular flexibility index (Phi) is 3.72. The van der Waals surface area contributed by atoms with Crippen molar-refractivity contribution in [2.75, 3.05) is 12.0 Å². The summed E-state index contributed by atoms with van der Waals surface area (Å²) in [6, 6.07) is 7.57. The molecule has 2 rings (SSSR count). The van der Waals surface area contributed by atoms with Crippen LogP contribution in [-0.2, 0) is 9.84 Å². The maximum Gasteiger partial charge on any atom is 0.325 e. The third-order valence-electron chi connectivity index (χ3n) is 2.16. The van der Waals surface area contributed by atoms with Crippen LogP contribution < -0.4 is 10.5 Å². The van der Waals surface area contributed by atoms with E-state index < -0.39 is 9.84 Å². The van der Waals surface area contributed by atoms with E-state index in [1.807, 2.05) is 0 Å². The normalized spacial score (nSPS) is 11.3. The topological polar surface area (TPSA) is 95.2 Å². The lowest BCUT2D eigenvalue weighted by molar-refractivity contribution is 0.441. The van der Waals surface area contributed by atoms with Gasteiger partial charge in [-0.2, -0.15) is 9.97 Å². The van der Waals surface area contributed by atoms with E-state index in [0.29, 0.717) is 10.4 Å². The van der Waals surface area contributed by atoms with Gasteiger partial charge in [0.15, 0.2) is 9.84 Å². The summed E-state index contributed by atoms with van der Waals surface area (Å²) in [4.78, 5) is 8.10. The van der Waals surface area contributed by atoms with Gasteiger partial charge in [0.25, 0.3) is 0 Å². The maximum atomic E-state index is 11.3. The van der Waals surface area contributed by atoms with Crippen molar-refractivity contribution >= 4 is 31.6 Å². The molecule has 6 nitrogen and oxygen atoms in total. The summed E-state index contributed by atoms with van der Waals surface area (Å²) in [5.41, 5.74) is 5.55. The minimum absolute atomic E-state index is 0.0824. The van der Waals surface area contributed by atoms with Crippen LogP contribution in [0.4, 0.5) is 5.82 Å². The minimum Gasteiger partial charge on any atom is -0.424 e. The van der Waals surface area contributed by atoms with E-state index in [4.69, 9.17) is 10.5 Å². The molecule has 0 spiro atoms. The summed E-state index contributed by atoms with van der Waals surface area (Å²) in [5, 5.41) is 0. The Morgan fingerprint density at radius 3 is 2.37 bits per heavy atom. The standard InChI is InChI=1S/C11H10BrN3O3S/c1-19(16,17)8-4-2-7(3-5-8)18-11-14-9(12)6-10(13)15-11/h2-6H,1H3,(H2,13,14,15). The second-order valence-electron chi connectivity index (χ2n) is 3.74. The highest BCUT2D eigenvalue weighted by molar-refractivity contribution is 9.10. The monoisotopic (exact) mass is 343 g/mol. The summed E-state index contributed by atoms with van der Waals surface area (Å²) in [7, 11) is -3.22. The van der Waals surface area contributed by atoms with Gasteiger partial charge in [-0.3, -0.25) is 0 Å². The highest BCUT2D eigenvalue weighted by Crippen LogP contribution is 2.22. The van der Waals surface area contributed by atoms with Crippen molar-refractivity contribution in [2.24, 2.45) is 0 Å². The highest BCUT2D eigenvalue weighted by Gasteiger charge is 2.08. The first-order valence-corrected chi connectivity index (χ1v) is 7.81. The van der Waals surface area contributed by atoms with Crippen LogP contribution in [0.15, 0.2) is 39.8 Å². The molecule has 19 heavy (non-hydrogen) atoms. The molecular formula is C11H10BrN3O3S. The number of rotatable bonds is 3. The van der Waals surface area contributed by atoms with Crippen molar-refractivity contribution in [1.82, 2.24) is 9.97 Å². The SMILES string of the molecule is CS(=O)(=O)c1ccc(Oc2nc(N)cc(Br)n2)cc1. The molecule has 100 valence electrons. The molecule has 2 N–H and O–H groups in total. The Labute approximate surface area is 118 Å². The lowest BCUT2D eigenvalue weighted by Crippen LogP contribution is -1.98. The number of sulfone groups is 1. The first-order valence-electron chi connectivity index (χ1n) is 5.12. The van der Waals surface area contributed by atoms with Gasteiger partial charge in [0.1, 0.15) is 16.2 Å². The summed E-state index contributed by atoms with van der Waals surface area (Å²) in [5.74, 6) is 0.689. The van der Waals surface area contributed by atoms with Crippen LogP contribution in [0.3, 0.4) is 0 Å². The van der Waals surface area contributed by atoms with E-state index in [2.05, 4.69) is 25.9 Å². The number of anilines is 1. The van der Waals surface area contributed by atoms with Crippen molar-refractivity contribution in [2.45, 2.75) is 4.90 Å². The van der Waals surface area contributed by atoms with Crippen LogP contribution in [0.2, 0.25) is 0 Å². The Morgan fingerprint density at radius 1 is 1.21 bits per heavy atom. The fraction of sp³-hybridized carbons (Fsp3) is 0.0909. The molecule has 1 aromatic heterocycles. The zero-order valence-electron chi connectivity index (χ0n) is 9.87. The molecule has 0 atom stereocenters.